The van der Waals surface area contributed by atoms with Crippen LogP contribution >= 0.6 is 11.6 Å². The van der Waals surface area contributed by atoms with E-state index in [9.17, 15) is 24.1 Å². The van der Waals surface area contributed by atoms with Gasteiger partial charge in [-0.05, 0) is 31.2 Å². The molecular formula is C18H16ClFN2O6. The van der Waals surface area contributed by atoms with Crippen LogP contribution < -0.4 is 10.1 Å². The van der Waals surface area contributed by atoms with E-state index in [4.69, 9.17) is 21.1 Å². The Labute approximate surface area is 164 Å². The molecule has 2 aromatic carbocycles. The molecule has 0 bridgehead atoms. The van der Waals surface area contributed by atoms with E-state index in [0.717, 1.165) is 6.07 Å². The van der Waals surface area contributed by atoms with Gasteiger partial charge in [0.2, 0.25) is 0 Å². The minimum absolute atomic E-state index is 0.0290. The molecule has 0 saturated heterocycles. The van der Waals surface area contributed by atoms with Crippen molar-refractivity contribution in [1.29, 1.82) is 0 Å². The van der Waals surface area contributed by atoms with E-state index >= 15 is 0 Å². The van der Waals surface area contributed by atoms with Crippen molar-refractivity contribution in [3.05, 3.63) is 69.0 Å². The summed E-state index contributed by atoms with van der Waals surface area (Å²) < 4.78 is 23.5. The normalized spacial score (nSPS) is 11.4. The minimum atomic E-state index is -1.02. The van der Waals surface area contributed by atoms with Gasteiger partial charge in [0.25, 0.3) is 11.6 Å². The first-order valence-corrected chi connectivity index (χ1v) is 8.46. The molecule has 10 heteroatoms. The van der Waals surface area contributed by atoms with Crippen LogP contribution in [0.3, 0.4) is 0 Å². The molecule has 0 aliphatic carbocycles. The van der Waals surface area contributed by atoms with Crippen molar-refractivity contribution in [3.63, 3.8) is 0 Å². The molecule has 0 radical (unpaired) electrons. The molecule has 8 nitrogen and oxygen atoms in total. The summed E-state index contributed by atoms with van der Waals surface area (Å²) >= 11 is 5.69. The maximum Gasteiger partial charge on any atom is 0.328 e. The highest BCUT2D eigenvalue weighted by molar-refractivity contribution is 6.32. The van der Waals surface area contributed by atoms with Gasteiger partial charge in [0.15, 0.2) is 11.6 Å². The predicted molar refractivity (Wildman–Crippen MR) is 97.9 cm³/mol. The molecule has 0 aromatic heterocycles. The highest BCUT2D eigenvalue weighted by Crippen LogP contribution is 2.25. The molecule has 28 heavy (non-hydrogen) atoms. The Morgan fingerprint density at radius 1 is 1.25 bits per heavy atom. The van der Waals surface area contributed by atoms with Gasteiger partial charge in [0.1, 0.15) is 24.3 Å². The smallest absolute Gasteiger partial charge is 0.328 e. The first-order valence-electron chi connectivity index (χ1n) is 8.08. The fourth-order valence-corrected chi connectivity index (χ4v) is 2.30. The minimum Gasteiger partial charge on any atom is -0.487 e. The monoisotopic (exact) mass is 410 g/mol. The molecule has 0 fully saturated rings. The Morgan fingerprint density at radius 3 is 2.64 bits per heavy atom. The molecule has 0 spiro atoms. The number of nitro benzene ring substituents is 1. The zero-order valence-corrected chi connectivity index (χ0v) is 15.4. The van der Waals surface area contributed by atoms with Crippen molar-refractivity contribution in [3.8, 4) is 5.75 Å². The van der Waals surface area contributed by atoms with Crippen LogP contribution in [0.2, 0.25) is 5.02 Å². The molecule has 2 aromatic rings. The molecule has 2 rings (SSSR count). The lowest BCUT2D eigenvalue weighted by Gasteiger charge is -2.14. The second kappa shape index (κ2) is 9.65. The van der Waals surface area contributed by atoms with Gasteiger partial charge in [-0.3, -0.25) is 14.9 Å². The van der Waals surface area contributed by atoms with Crippen LogP contribution in [0.15, 0.2) is 42.5 Å². The van der Waals surface area contributed by atoms with Crippen molar-refractivity contribution in [2.75, 3.05) is 13.2 Å². The zero-order chi connectivity index (χ0) is 20.7. The second-order valence-corrected chi connectivity index (χ2v) is 5.97. The Hall–Kier alpha value is -3.20. The maximum absolute atomic E-state index is 13.4. The lowest BCUT2D eigenvalue weighted by molar-refractivity contribution is -0.384. The summed E-state index contributed by atoms with van der Waals surface area (Å²) in [5.41, 5.74) is -0.450. The highest BCUT2D eigenvalue weighted by atomic mass is 35.5. The van der Waals surface area contributed by atoms with Crippen LogP contribution in [0.5, 0.6) is 5.75 Å². The number of ether oxygens (including phenoxy) is 2. The van der Waals surface area contributed by atoms with E-state index in [0.29, 0.717) is 0 Å². The Kier molecular flexibility index (Phi) is 7.28. The number of para-hydroxylation sites is 1. The van der Waals surface area contributed by atoms with Gasteiger partial charge in [0.05, 0.1) is 4.92 Å². The van der Waals surface area contributed by atoms with Gasteiger partial charge in [-0.2, -0.15) is 0 Å². The number of halogens is 2. The van der Waals surface area contributed by atoms with Crippen molar-refractivity contribution in [2.45, 2.75) is 13.0 Å². The molecule has 1 atom stereocenters. The maximum atomic E-state index is 13.4. The first-order chi connectivity index (χ1) is 13.3. The van der Waals surface area contributed by atoms with Crippen LogP contribution in [0.1, 0.15) is 17.3 Å². The van der Waals surface area contributed by atoms with E-state index in [1.807, 2.05) is 0 Å². The summed E-state index contributed by atoms with van der Waals surface area (Å²) in [6, 6.07) is 8.30. The van der Waals surface area contributed by atoms with E-state index < -0.39 is 34.3 Å². The van der Waals surface area contributed by atoms with Gasteiger partial charge in [0, 0.05) is 11.6 Å². The number of carbonyl (C=O) groups is 2. The van der Waals surface area contributed by atoms with Gasteiger partial charge < -0.3 is 14.8 Å². The van der Waals surface area contributed by atoms with E-state index in [1.54, 1.807) is 6.07 Å². The Morgan fingerprint density at radius 2 is 1.96 bits per heavy atom. The van der Waals surface area contributed by atoms with Crippen molar-refractivity contribution in [2.24, 2.45) is 0 Å². The first kappa shape index (κ1) is 21.1. The SMILES string of the molecule is C[C@@H](NC(=O)c1ccc(Cl)c([N+](=O)[O-])c1)C(=O)OCCOc1ccccc1F. The number of carbonyl (C=O) groups excluding carboxylic acids is 2. The van der Waals surface area contributed by atoms with Crippen molar-refractivity contribution < 1.29 is 28.4 Å². The summed E-state index contributed by atoms with van der Waals surface area (Å²) in [7, 11) is 0. The van der Waals surface area contributed by atoms with E-state index in [2.05, 4.69) is 5.32 Å². The van der Waals surface area contributed by atoms with Crippen LogP contribution in [-0.4, -0.2) is 36.1 Å². The van der Waals surface area contributed by atoms with Gasteiger partial charge >= 0.3 is 5.97 Å². The largest absolute Gasteiger partial charge is 0.487 e. The number of nitrogens with zero attached hydrogens (tertiary/aromatic N) is 1. The fraction of sp³-hybridized carbons (Fsp3) is 0.222. The molecule has 0 aliphatic rings. The van der Waals surface area contributed by atoms with E-state index in [-0.39, 0.29) is 29.5 Å². The third kappa shape index (κ3) is 5.65. The zero-order valence-electron chi connectivity index (χ0n) is 14.7. The molecule has 0 aliphatic heterocycles. The Bertz CT molecular complexity index is 892. The molecule has 0 saturated carbocycles. The average Bonchev–Trinajstić information content (AvgIpc) is 2.66. The molecule has 1 N–H and O–H groups in total. The number of hydrogen-bond acceptors (Lipinski definition) is 6. The quantitative estimate of drug-likeness (QED) is 0.310. The summed E-state index contributed by atoms with van der Waals surface area (Å²) in [5.74, 6) is -1.95. The number of benzene rings is 2. The Balaban J connectivity index is 1.83. The number of nitro groups is 1. The number of rotatable bonds is 8. The predicted octanol–water partition coefficient (Wildman–Crippen LogP) is 3.13. The fourth-order valence-electron chi connectivity index (χ4n) is 2.11. The van der Waals surface area contributed by atoms with Gasteiger partial charge in [-0.25, -0.2) is 9.18 Å². The summed E-state index contributed by atoms with van der Waals surface area (Å²) in [6.07, 6.45) is 0. The lowest BCUT2D eigenvalue weighted by atomic mass is 10.1. The van der Waals surface area contributed by atoms with Crippen molar-refractivity contribution in [1.82, 2.24) is 5.32 Å². The van der Waals surface area contributed by atoms with Crippen LogP contribution in [0.4, 0.5) is 10.1 Å². The molecule has 0 heterocycles. The van der Waals surface area contributed by atoms with Crippen LogP contribution in [0, 0.1) is 15.9 Å². The molecular weight excluding hydrogens is 395 g/mol. The lowest BCUT2D eigenvalue weighted by Crippen LogP contribution is -2.40. The second-order valence-electron chi connectivity index (χ2n) is 5.56. The van der Waals surface area contributed by atoms with Crippen molar-refractivity contribution >= 4 is 29.2 Å². The number of hydrogen-bond donors (Lipinski definition) is 1. The molecule has 1 amide bonds. The van der Waals surface area contributed by atoms with Gasteiger partial charge in [-0.15, -0.1) is 0 Å². The summed E-state index contributed by atoms with van der Waals surface area (Å²) in [6.45, 7) is 1.17. The third-order valence-corrected chi connectivity index (χ3v) is 3.85. The molecule has 148 valence electrons. The number of amides is 1. The number of nitrogens with one attached hydrogen (secondary N) is 1. The molecule has 0 unspecified atom stereocenters. The van der Waals surface area contributed by atoms with Crippen LogP contribution in [0.25, 0.3) is 0 Å². The summed E-state index contributed by atoms with van der Waals surface area (Å²) in [5, 5.41) is 13.1. The average molecular weight is 411 g/mol. The standard InChI is InChI=1S/C18H16ClFN2O6/c1-11(18(24)28-9-8-27-16-5-3-2-4-14(16)20)21-17(23)12-6-7-13(19)15(10-12)22(25)26/h2-7,10-11H,8-9H2,1H3,(H,21,23)/t11-/m1/s1. The highest BCUT2D eigenvalue weighted by Gasteiger charge is 2.21. The topological polar surface area (TPSA) is 108 Å². The third-order valence-electron chi connectivity index (χ3n) is 3.53. The van der Waals surface area contributed by atoms with Gasteiger partial charge in [-0.1, -0.05) is 23.7 Å². The van der Waals surface area contributed by atoms with Crippen LogP contribution in [-0.2, 0) is 9.53 Å². The summed E-state index contributed by atoms with van der Waals surface area (Å²) in [4.78, 5) is 34.2. The number of esters is 1. The van der Waals surface area contributed by atoms with E-state index in [1.165, 1.54) is 37.3 Å².